The van der Waals surface area contributed by atoms with Crippen LogP contribution in [-0.4, -0.2) is 52.0 Å². The van der Waals surface area contributed by atoms with Gasteiger partial charge in [0.25, 0.3) is 20.2 Å². The Morgan fingerprint density at radius 2 is 1.80 bits per heavy atom. The van der Waals surface area contributed by atoms with Gasteiger partial charge in [-0.05, 0) is 23.6 Å². The van der Waals surface area contributed by atoms with Crippen LogP contribution in [0.2, 0.25) is 0 Å². The van der Waals surface area contributed by atoms with E-state index in [-0.39, 0.29) is 35.4 Å². The summed E-state index contributed by atoms with van der Waals surface area (Å²) in [6.45, 7) is -0.312. The number of rotatable bonds is 7. The van der Waals surface area contributed by atoms with Crippen molar-refractivity contribution in [2.75, 3.05) is 25.6 Å². The van der Waals surface area contributed by atoms with Gasteiger partial charge in [0.05, 0.1) is 11.4 Å². The molecular formula is C14H15NO8S2. The number of hydrogen-bond acceptors (Lipinski definition) is 7. The first-order valence-corrected chi connectivity index (χ1v) is 9.68. The number of nitrogens with one attached hydrogen (secondary N) is 1. The summed E-state index contributed by atoms with van der Waals surface area (Å²) in [6.07, 6.45) is 0. The SMILES string of the molecule is COCC(=O)CNc1cccc2cc(S(=O)(=O)O)cc(S(=O)(=O)O)c12. The summed E-state index contributed by atoms with van der Waals surface area (Å²) in [6, 6.07) is 6.06. The van der Waals surface area contributed by atoms with Gasteiger partial charge in [0.1, 0.15) is 11.5 Å². The molecule has 3 N–H and O–H groups in total. The molecule has 0 heterocycles. The topological polar surface area (TPSA) is 147 Å². The molecule has 0 aliphatic heterocycles. The molecule has 136 valence electrons. The molecule has 2 rings (SSSR count). The average Bonchev–Trinajstić information content (AvgIpc) is 2.50. The van der Waals surface area contributed by atoms with Gasteiger partial charge in [-0.15, -0.1) is 0 Å². The smallest absolute Gasteiger partial charge is 0.295 e. The molecule has 0 aliphatic carbocycles. The lowest BCUT2D eigenvalue weighted by atomic mass is 10.1. The highest BCUT2D eigenvalue weighted by Crippen LogP contribution is 2.32. The fourth-order valence-corrected chi connectivity index (χ4v) is 3.65. The summed E-state index contributed by atoms with van der Waals surface area (Å²) in [5.41, 5.74) is 0.191. The molecule has 0 aliphatic rings. The first kappa shape index (κ1) is 19.3. The van der Waals surface area contributed by atoms with Crippen molar-refractivity contribution in [1.82, 2.24) is 0 Å². The molecule has 9 nitrogen and oxygen atoms in total. The second-order valence-electron chi connectivity index (χ2n) is 5.10. The molecule has 2 aromatic carbocycles. The van der Waals surface area contributed by atoms with Crippen LogP contribution in [0.15, 0.2) is 40.1 Å². The highest BCUT2D eigenvalue weighted by atomic mass is 32.2. The number of fused-ring (bicyclic) bond motifs is 1. The van der Waals surface area contributed by atoms with Gasteiger partial charge < -0.3 is 10.1 Å². The van der Waals surface area contributed by atoms with Gasteiger partial charge in [0.2, 0.25) is 0 Å². The summed E-state index contributed by atoms with van der Waals surface area (Å²) in [5, 5.41) is 2.85. The molecular weight excluding hydrogens is 374 g/mol. The first-order chi connectivity index (χ1) is 11.5. The van der Waals surface area contributed by atoms with Crippen molar-refractivity contribution in [3.05, 3.63) is 30.3 Å². The van der Waals surface area contributed by atoms with Crippen LogP contribution in [0.4, 0.5) is 5.69 Å². The van der Waals surface area contributed by atoms with Crippen molar-refractivity contribution in [2.24, 2.45) is 0 Å². The zero-order valence-electron chi connectivity index (χ0n) is 13.0. The third-order valence-electron chi connectivity index (χ3n) is 3.27. The Balaban J connectivity index is 2.68. The number of benzene rings is 2. The molecule has 11 heteroatoms. The molecule has 0 aromatic heterocycles. The van der Waals surface area contributed by atoms with Gasteiger partial charge >= 0.3 is 0 Å². The number of carbonyl (C=O) groups excluding carboxylic acids is 1. The fraction of sp³-hybridized carbons (Fsp3) is 0.214. The highest BCUT2D eigenvalue weighted by molar-refractivity contribution is 7.86. The van der Waals surface area contributed by atoms with Crippen molar-refractivity contribution in [2.45, 2.75) is 9.79 Å². The van der Waals surface area contributed by atoms with Crippen molar-refractivity contribution < 1.29 is 35.5 Å². The Bertz CT molecular complexity index is 1030. The number of anilines is 1. The monoisotopic (exact) mass is 389 g/mol. The van der Waals surface area contributed by atoms with Crippen molar-refractivity contribution in [3.8, 4) is 0 Å². The van der Waals surface area contributed by atoms with E-state index in [1.807, 2.05) is 0 Å². The minimum absolute atomic E-state index is 0.0115. The Hall–Kier alpha value is -2.05. The molecule has 25 heavy (non-hydrogen) atoms. The maximum atomic E-state index is 11.7. The standard InChI is InChI=1S/C14H15NO8S2/c1-23-8-10(16)7-15-12-4-2-3-9-5-11(24(17,18)19)6-13(14(9)12)25(20,21)22/h2-6,15H,7-8H2,1H3,(H,17,18,19)(H,20,21,22). The molecule has 0 spiro atoms. The lowest BCUT2D eigenvalue weighted by Crippen LogP contribution is -2.18. The molecule has 0 fully saturated rings. The highest BCUT2D eigenvalue weighted by Gasteiger charge is 2.22. The number of Topliss-reactive ketones (excluding diaryl/α,β-unsaturated/α-hetero) is 1. The normalized spacial score (nSPS) is 12.3. The van der Waals surface area contributed by atoms with E-state index < -0.39 is 30.0 Å². The summed E-state index contributed by atoms with van der Waals surface area (Å²) in [4.78, 5) is 10.2. The van der Waals surface area contributed by atoms with Crippen molar-refractivity contribution in [1.29, 1.82) is 0 Å². The fourth-order valence-electron chi connectivity index (χ4n) is 2.27. The maximum Gasteiger partial charge on any atom is 0.295 e. The van der Waals surface area contributed by atoms with Gasteiger partial charge in [-0.25, -0.2) is 0 Å². The molecule has 0 atom stereocenters. The Morgan fingerprint density at radius 3 is 2.36 bits per heavy atom. The van der Waals surface area contributed by atoms with E-state index >= 15 is 0 Å². The molecule has 2 aromatic rings. The number of hydrogen-bond donors (Lipinski definition) is 3. The van der Waals surface area contributed by atoms with Crippen LogP contribution in [0.3, 0.4) is 0 Å². The zero-order chi connectivity index (χ0) is 18.8. The van der Waals surface area contributed by atoms with Gasteiger partial charge in [-0.3, -0.25) is 13.9 Å². The Labute approximate surface area is 144 Å². The minimum Gasteiger partial charge on any atom is -0.377 e. The minimum atomic E-state index is -4.81. The number of methoxy groups -OCH3 is 1. The van der Waals surface area contributed by atoms with Gasteiger partial charge in [-0.1, -0.05) is 12.1 Å². The van der Waals surface area contributed by atoms with Gasteiger partial charge in [0.15, 0.2) is 5.78 Å². The lowest BCUT2D eigenvalue weighted by molar-refractivity contribution is -0.120. The number of ether oxygens (including phenoxy) is 1. The van der Waals surface area contributed by atoms with Crippen molar-refractivity contribution >= 4 is 42.5 Å². The van der Waals surface area contributed by atoms with Crippen LogP contribution >= 0.6 is 0 Å². The Kier molecular flexibility index (Phi) is 5.44. The average molecular weight is 389 g/mol. The van der Waals surface area contributed by atoms with E-state index in [4.69, 9.17) is 9.29 Å². The lowest BCUT2D eigenvalue weighted by Gasteiger charge is -2.13. The second-order valence-corrected chi connectivity index (χ2v) is 7.91. The van der Waals surface area contributed by atoms with E-state index in [2.05, 4.69) is 5.32 Å². The second kappa shape index (κ2) is 7.06. The summed E-state index contributed by atoms with van der Waals surface area (Å²) < 4.78 is 69.3. The molecule has 0 saturated heterocycles. The van der Waals surface area contributed by atoms with Gasteiger partial charge in [-0.2, -0.15) is 16.8 Å². The zero-order valence-corrected chi connectivity index (χ0v) is 14.6. The van der Waals surface area contributed by atoms with E-state index in [0.29, 0.717) is 6.07 Å². The summed E-state index contributed by atoms with van der Waals surface area (Å²) in [7, 11) is -8.15. The number of carbonyl (C=O) groups is 1. The van der Waals surface area contributed by atoms with Crippen LogP contribution in [0.25, 0.3) is 10.8 Å². The summed E-state index contributed by atoms with van der Waals surface area (Å²) in [5.74, 6) is -0.303. The quantitative estimate of drug-likeness (QED) is 0.589. The largest absolute Gasteiger partial charge is 0.377 e. The first-order valence-electron chi connectivity index (χ1n) is 6.80. The molecule has 0 radical (unpaired) electrons. The molecule has 0 saturated carbocycles. The number of ketones is 1. The third-order valence-corrected chi connectivity index (χ3v) is 4.98. The maximum absolute atomic E-state index is 11.7. The predicted octanol–water partition coefficient (Wildman–Crippen LogP) is 0.961. The third kappa shape index (κ3) is 4.52. The Morgan fingerprint density at radius 1 is 1.12 bits per heavy atom. The van der Waals surface area contributed by atoms with Crippen LogP contribution in [0.5, 0.6) is 0 Å². The van der Waals surface area contributed by atoms with E-state index in [0.717, 1.165) is 6.07 Å². The van der Waals surface area contributed by atoms with E-state index in [9.17, 15) is 26.2 Å². The van der Waals surface area contributed by atoms with Crippen molar-refractivity contribution in [3.63, 3.8) is 0 Å². The van der Waals surface area contributed by atoms with Crippen LogP contribution in [-0.2, 0) is 29.8 Å². The summed E-state index contributed by atoms with van der Waals surface area (Å²) >= 11 is 0. The van der Waals surface area contributed by atoms with Crippen LogP contribution < -0.4 is 5.32 Å². The molecule has 0 amide bonds. The van der Waals surface area contributed by atoms with Gasteiger partial charge in [0, 0.05) is 18.2 Å². The van der Waals surface area contributed by atoms with E-state index in [1.54, 1.807) is 0 Å². The van der Waals surface area contributed by atoms with E-state index in [1.165, 1.54) is 25.3 Å². The van der Waals surface area contributed by atoms with Crippen LogP contribution in [0.1, 0.15) is 0 Å². The molecule has 0 bridgehead atoms. The molecule has 0 unspecified atom stereocenters. The predicted molar refractivity (Wildman–Crippen MR) is 88.9 cm³/mol. The van der Waals surface area contributed by atoms with Crippen LogP contribution in [0, 0.1) is 0 Å².